The van der Waals surface area contributed by atoms with Gasteiger partial charge in [-0.3, -0.25) is 9.79 Å². The van der Waals surface area contributed by atoms with Crippen LogP contribution in [0.4, 0.5) is 5.69 Å². The maximum Gasteiger partial charge on any atom is 0.338 e. The molecule has 0 saturated heterocycles. The Hall–Kier alpha value is -2.37. The Balaban J connectivity index is 2.29. The number of aliphatic carboxylic acids is 1. The van der Waals surface area contributed by atoms with Crippen LogP contribution in [0.1, 0.15) is 11.1 Å². The van der Waals surface area contributed by atoms with Crippen molar-refractivity contribution in [1.29, 1.82) is 0 Å². The molecule has 0 radical (unpaired) electrons. The number of halogens is 2. The highest BCUT2D eigenvalue weighted by Gasteiger charge is 2.31. The second kappa shape index (κ2) is 6.02. The maximum absolute atomic E-state index is 12.1. The van der Waals surface area contributed by atoms with Crippen molar-refractivity contribution in [3.05, 3.63) is 63.6 Å². The van der Waals surface area contributed by atoms with E-state index in [1.807, 2.05) is 0 Å². The zero-order chi connectivity index (χ0) is 16.6. The van der Waals surface area contributed by atoms with Crippen molar-refractivity contribution in [2.75, 3.05) is 5.32 Å². The molecule has 1 amide bonds. The summed E-state index contributed by atoms with van der Waals surface area (Å²) < 4.78 is 0. The van der Waals surface area contributed by atoms with E-state index in [1.54, 1.807) is 42.5 Å². The SMILES string of the molecule is O=C(O)C1N=C(c2ccccc2Cl)c2cc(Cl)ccc2NC1=O. The fraction of sp³-hybridized carbons (Fsp3) is 0.0625. The highest BCUT2D eigenvalue weighted by molar-refractivity contribution is 6.37. The predicted octanol–water partition coefficient (Wildman–Crippen LogP) is 3.24. The van der Waals surface area contributed by atoms with E-state index >= 15 is 0 Å². The summed E-state index contributed by atoms with van der Waals surface area (Å²) in [6, 6.07) is 10.1. The smallest absolute Gasteiger partial charge is 0.338 e. The number of nitrogens with zero attached hydrogens (tertiary/aromatic N) is 1. The minimum atomic E-state index is -1.56. The van der Waals surface area contributed by atoms with Crippen molar-refractivity contribution >= 4 is 46.5 Å². The van der Waals surface area contributed by atoms with Gasteiger partial charge < -0.3 is 10.4 Å². The van der Waals surface area contributed by atoms with Crippen molar-refractivity contribution in [3.63, 3.8) is 0 Å². The van der Waals surface area contributed by atoms with E-state index < -0.39 is 17.9 Å². The lowest BCUT2D eigenvalue weighted by molar-refractivity contribution is -0.141. The number of fused-ring (bicyclic) bond motifs is 1. The average Bonchev–Trinajstić information content (AvgIpc) is 2.64. The van der Waals surface area contributed by atoms with Gasteiger partial charge in [-0.2, -0.15) is 0 Å². The lowest BCUT2D eigenvalue weighted by atomic mass is 10.0. The zero-order valence-corrected chi connectivity index (χ0v) is 13.1. The van der Waals surface area contributed by atoms with Crippen molar-refractivity contribution in [2.45, 2.75) is 6.04 Å². The third-order valence-electron chi connectivity index (χ3n) is 3.36. The molecule has 1 atom stereocenters. The largest absolute Gasteiger partial charge is 0.479 e. The van der Waals surface area contributed by atoms with Crippen LogP contribution in [0.2, 0.25) is 10.0 Å². The third-order valence-corrected chi connectivity index (χ3v) is 3.93. The Kier molecular flexibility index (Phi) is 4.07. The van der Waals surface area contributed by atoms with Gasteiger partial charge >= 0.3 is 5.97 Å². The number of benzodiazepines with no additional fused rings is 1. The molecule has 5 nitrogen and oxygen atoms in total. The highest BCUT2D eigenvalue weighted by Crippen LogP contribution is 2.29. The summed E-state index contributed by atoms with van der Waals surface area (Å²) in [4.78, 5) is 27.6. The number of carboxylic acid groups (broad SMARTS) is 1. The molecule has 116 valence electrons. The van der Waals surface area contributed by atoms with Crippen LogP contribution in [0.3, 0.4) is 0 Å². The van der Waals surface area contributed by atoms with E-state index in [1.165, 1.54) is 0 Å². The summed E-state index contributed by atoms with van der Waals surface area (Å²) in [6.45, 7) is 0. The zero-order valence-electron chi connectivity index (χ0n) is 11.6. The van der Waals surface area contributed by atoms with Crippen molar-refractivity contribution < 1.29 is 14.7 Å². The Morgan fingerprint density at radius 3 is 2.57 bits per heavy atom. The molecule has 3 rings (SSSR count). The molecule has 1 heterocycles. The van der Waals surface area contributed by atoms with Gasteiger partial charge in [-0.1, -0.05) is 41.4 Å². The number of nitrogens with one attached hydrogen (secondary N) is 1. The lowest BCUT2D eigenvalue weighted by Crippen LogP contribution is -2.32. The van der Waals surface area contributed by atoms with E-state index in [0.29, 0.717) is 32.6 Å². The average molecular weight is 349 g/mol. The number of aliphatic imine (C=N–C) groups is 1. The van der Waals surface area contributed by atoms with Crippen LogP contribution in [0.25, 0.3) is 0 Å². The van der Waals surface area contributed by atoms with Crippen LogP contribution < -0.4 is 5.32 Å². The molecule has 2 aromatic carbocycles. The molecule has 7 heteroatoms. The summed E-state index contributed by atoms with van der Waals surface area (Å²) in [6.07, 6.45) is 0. The van der Waals surface area contributed by atoms with Gasteiger partial charge in [0.2, 0.25) is 6.04 Å². The van der Waals surface area contributed by atoms with Gasteiger partial charge in [-0.05, 0) is 24.3 Å². The molecule has 0 aliphatic carbocycles. The number of carbonyl (C=O) groups is 2. The molecule has 0 saturated carbocycles. The highest BCUT2D eigenvalue weighted by atomic mass is 35.5. The van der Waals surface area contributed by atoms with E-state index in [2.05, 4.69) is 10.3 Å². The second-order valence-electron chi connectivity index (χ2n) is 4.88. The standard InChI is InChI=1S/C16H10Cl2N2O3/c17-8-5-6-12-10(7-8)13(9-3-1-2-4-11(9)18)20-14(16(22)23)15(21)19-12/h1-7,14H,(H,19,21)(H,22,23). The normalized spacial score (nSPS) is 16.9. The van der Waals surface area contributed by atoms with Crippen LogP contribution in [0.5, 0.6) is 0 Å². The molecule has 1 aliphatic heterocycles. The van der Waals surface area contributed by atoms with Gasteiger partial charge in [0.05, 0.1) is 11.4 Å². The van der Waals surface area contributed by atoms with Crippen LogP contribution in [0.15, 0.2) is 47.5 Å². The minimum Gasteiger partial charge on any atom is -0.479 e. The summed E-state index contributed by atoms with van der Waals surface area (Å²) in [7, 11) is 0. The van der Waals surface area contributed by atoms with E-state index in [-0.39, 0.29) is 0 Å². The third kappa shape index (κ3) is 2.93. The Morgan fingerprint density at radius 2 is 1.87 bits per heavy atom. The summed E-state index contributed by atoms with van der Waals surface area (Å²) in [5, 5.41) is 12.7. The van der Waals surface area contributed by atoms with Crippen LogP contribution in [-0.2, 0) is 9.59 Å². The van der Waals surface area contributed by atoms with Gasteiger partial charge in [0.25, 0.3) is 5.91 Å². The predicted molar refractivity (Wildman–Crippen MR) is 88.6 cm³/mol. The quantitative estimate of drug-likeness (QED) is 0.817. The molecule has 23 heavy (non-hydrogen) atoms. The van der Waals surface area contributed by atoms with Gasteiger partial charge in [-0.25, -0.2) is 4.79 Å². The molecular formula is C16H10Cl2N2O3. The number of rotatable bonds is 2. The van der Waals surface area contributed by atoms with Crippen LogP contribution in [-0.4, -0.2) is 28.7 Å². The molecule has 2 aromatic rings. The maximum atomic E-state index is 12.1. The van der Waals surface area contributed by atoms with Gasteiger partial charge in [0, 0.05) is 21.2 Å². The number of carbonyl (C=O) groups excluding carboxylic acids is 1. The first kappa shape index (κ1) is 15.5. The van der Waals surface area contributed by atoms with E-state index in [0.717, 1.165) is 0 Å². The van der Waals surface area contributed by atoms with Crippen LogP contribution >= 0.6 is 23.2 Å². The van der Waals surface area contributed by atoms with Crippen molar-refractivity contribution in [1.82, 2.24) is 0 Å². The van der Waals surface area contributed by atoms with E-state index in [9.17, 15) is 14.7 Å². The monoisotopic (exact) mass is 348 g/mol. The first-order valence-electron chi connectivity index (χ1n) is 6.63. The Morgan fingerprint density at radius 1 is 1.13 bits per heavy atom. The topological polar surface area (TPSA) is 78.8 Å². The summed E-state index contributed by atoms with van der Waals surface area (Å²) >= 11 is 12.3. The summed E-state index contributed by atoms with van der Waals surface area (Å²) in [5.41, 5.74) is 1.78. The van der Waals surface area contributed by atoms with Gasteiger partial charge in [0.15, 0.2) is 0 Å². The van der Waals surface area contributed by atoms with Gasteiger partial charge in [-0.15, -0.1) is 0 Å². The van der Waals surface area contributed by atoms with Gasteiger partial charge in [0.1, 0.15) is 0 Å². The molecule has 0 aromatic heterocycles. The van der Waals surface area contributed by atoms with Crippen molar-refractivity contribution in [3.8, 4) is 0 Å². The molecule has 0 spiro atoms. The fourth-order valence-corrected chi connectivity index (χ4v) is 2.71. The Bertz CT molecular complexity index is 849. The molecule has 0 fully saturated rings. The number of benzene rings is 2. The number of anilines is 1. The van der Waals surface area contributed by atoms with Crippen LogP contribution in [0, 0.1) is 0 Å². The number of hydrogen-bond acceptors (Lipinski definition) is 3. The lowest BCUT2D eigenvalue weighted by Gasteiger charge is -2.11. The molecular weight excluding hydrogens is 339 g/mol. The second-order valence-corrected chi connectivity index (χ2v) is 5.72. The number of carboxylic acids is 1. The molecule has 2 N–H and O–H groups in total. The fourth-order valence-electron chi connectivity index (χ4n) is 2.31. The summed E-state index contributed by atoms with van der Waals surface area (Å²) in [5.74, 6) is -2.06. The first-order valence-corrected chi connectivity index (χ1v) is 7.39. The number of amides is 1. The minimum absolute atomic E-state index is 0.304. The molecule has 0 bridgehead atoms. The first-order chi connectivity index (χ1) is 11.0. The van der Waals surface area contributed by atoms with Crippen molar-refractivity contribution in [2.24, 2.45) is 4.99 Å². The van der Waals surface area contributed by atoms with E-state index in [4.69, 9.17) is 23.2 Å². The molecule has 1 unspecified atom stereocenters. The molecule has 1 aliphatic rings. The number of hydrogen-bond donors (Lipinski definition) is 2. The Labute approximate surface area is 141 Å².